The van der Waals surface area contributed by atoms with Crippen LogP contribution in [0.1, 0.15) is 16.8 Å². The van der Waals surface area contributed by atoms with Crippen LogP contribution < -0.4 is 0 Å². The van der Waals surface area contributed by atoms with E-state index in [4.69, 9.17) is 0 Å². The largest absolute Gasteiger partial charge is 0.260 e. The Kier molecular flexibility index (Phi) is 2.75. The van der Waals surface area contributed by atoms with Crippen LogP contribution in [0.15, 0.2) is 42.9 Å². The molecule has 1 aromatic heterocycles. The molecule has 0 unspecified atom stereocenters. The third kappa shape index (κ3) is 2.65. The van der Waals surface area contributed by atoms with Gasteiger partial charge in [-0.3, -0.25) is 4.98 Å². The van der Waals surface area contributed by atoms with Crippen molar-refractivity contribution in [2.45, 2.75) is 6.92 Å². The first-order chi connectivity index (χ1) is 7.34. The van der Waals surface area contributed by atoms with E-state index in [0.29, 0.717) is 5.69 Å². The van der Waals surface area contributed by atoms with Crippen molar-refractivity contribution in [3.8, 4) is 11.8 Å². The van der Waals surface area contributed by atoms with E-state index >= 15 is 0 Å². The molecular formula is C13H10N2. The maximum Gasteiger partial charge on any atom is 0.131 e. The average Bonchev–Trinajstić information content (AvgIpc) is 2.30. The molecule has 72 valence electrons. The topological polar surface area (TPSA) is 25.8 Å². The third-order valence-corrected chi connectivity index (χ3v) is 1.95. The van der Waals surface area contributed by atoms with E-state index < -0.39 is 0 Å². The summed E-state index contributed by atoms with van der Waals surface area (Å²) < 4.78 is 0. The number of aromatic nitrogens is 2. The van der Waals surface area contributed by atoms with Crippen molar-refractivity contribution in [3.05, 3.63) is 59.7 Å². The lowest BCUT2D eigenvalue weighted by Gasteiger charge is -1.91. The molecule has 0 saturated heterocycles. The van der Waals surface area contributed by atoms with E-state index in [0.717, 1.165) is 5.56 Å². The van der Waals surface area contributed by atoms with Crippen molar-refractivity contribution >= 4 is 0 Å². The standard InChI is InChI=1S/C13H10N2/c1-11-2-4-12(5-3-11)6-7-13-10-14-8-9-15-13/h2-5,8-10H,1H3. The number of rotatable bonds is 0. The second-order valence-corrected chi connectivity index (χ2v) is 3.21. The lowest BCUT2D eigenvalue weighted by atomic mass is 10.1. The van der Waals surface area contributed by atoms with Gasteiger partial charge in [-0.2, -0.15) is 0 Å². The number of benzene rings is 1. The van der Waals surface area contributed by atoms with Gasteiger partial charge in [0.05, 0.1) is 6.20 Å². The van der Waals surface area contributed by atoms with Crippen LogP contribution in [0.5, 0.6) is 0 Å². The summed E-state index contributed by atoms with van der Waals surface area (Å²) >= 11 is 0. The van der Waals surface area contributed by atoms with Gasteiger partial charge in [0.2, 0.25) is 0 Å². The molecular weight excluding hydrogens is 184 g/mol. The zero-order chi connectivity index (χ0) is 10.5. The van der Waals surface area contributed by atoms with Crippen molar-refractivity contribution in [1.29, 1.82) is 0 Å². The van der Waals surface area contributed by atoms with Gasteiger partial charge in [-0.1, -0.05) is 23.6 Å². The normalized spacial score (nSPS) is 9.13. The molecule has 15 heavy (non-hydrogen) atoms. The Morgan fingerprint density at radius 2 is 1.80 bits per heavy atom. The van der Waals surface area contributed by atoms with Crippen LogP contribution >= 0.6 is 0 Å². The molecule has 0 aliphatic rings. The van der Waals surface area contributed by atoms with Crippen LogP contribution in [0.25, 0.3) is 0 Å². The third-order valence-electron chi connectivity index (χ3n) is 1.95. The van der Waals surface area contributed by atoms with E-state index in [1.807, 2.05) is 24.3 Å². The number of hydrogen-bond donors (Lipinski definition) is 0. The number of nitrogens with zero attached hydrogens (tertiary/aromatic N) is 2. The summed E-state index contributed by atoms with van der Waals surface area (Å²) in [7, 11) is 0. The Hall–Kier alpha value is -2.14. The lowest BCUT2D eigenvalue weighted by molar-refractivity contribution is 1.17. The quantitative estimate of drug-likeness (QED) is 0.601. The monoisotopic (exact) mass is 194 g/mol. The second-order valence-electron chi connectivity index (χ2n) is 3.21. The molecule has 2 aromatic rings. The molecule has 1 aromatic carbocycles. The van der Waals surface area contributed by atoms with Gasteiger partial charge in [0.1, 0.15) is 5.69 Å². The summed E-state index contributed by atoms with van der Waals surface area (Å²) in [5.74, 6) is 5.99. The van der Waals surface area contributed by atoms with Crippen LogP contribution in [0.4, 0.5) is 0 Å². The molecule has 0 saturated carbocycles. The van der Waals surface area contributed by atoms with Crippen LogP contribution in [0, 0.1) is 18.8 Å². The maximum atomic E-state index is 4.08. The fraction of sp³-hybridized carbons (Fsp3) is 0.0769. The molecule has 0 radical (unpaired) electrons. The van der Waals surface area contributed by atoms with Gasteiger partial charge in [-0.25, -0.2) is 4.98 Å². The summed E-state index contributed by atoms with van der Waals surface area (Å²) in [6, 6.07) is 8.08. The van der Waals surface area contributed by atoms with E-state index in [2.05, 4.69) is 28.7 Å². The highest BCUT2D eigenvalue weighted by molar-refractivity contribution is 5.40. The highest BCUT2D eigenvalue weighted by atomic mass is 14.7. The lowest BCUT2D eigenvalue weighted by Crippen LogP contribution is -1.82. The predicted octanol–water partition coefficient (Wildman–Crippen LogP) is 2.18. The van der Waals surface area contributed by atoms with Crippen molar-refractivity contribution in [1.82, 2.24) is 9.97 Å². The van der Waals surface area contributed by atoms with Crippen molar-refractivity contribution in [3.63, 3.8) is 0 Å². The van der Waals surface area contributed by atoms with Gasteiger partial charge in [0.15, 0.2) is 0 Å². The average molecular weight is 194 g/mol. The minimum atomic E-state index is 0.693. The predicted molar refractivity (Wildman–Crippen MR) is 59.2 cm³/mol. The van der Waals surface area contributed by atoms with Crippen LogP contribution in [-0.2, 0) is 0 Å². The van der Waals surface area contributed by atoms with Gasteiger partial charge < -0.3 is 0 Å². The molecule has 2 heteroatoms. The summed E-state index contributed by atoms with van der Waals surface area (Å²) in [5.41, 5.74) is 2.92. The molecule has 0 aliphatic carbocycles. The zero-order valence-corrected chi connectivity index (χ0v) is 8.44. The Morgan fingerprint density at radius 3 is 2.47 bits per heavy atom. The van der Waals surface area contributed by atoms with Crippen molar-refractivity contribution < 1.29 is 0 Å². The summed E-state index contributed by atoms with van der Waals surface area (Å²) in [4.78, 5) is 8.02. The molecule has 0 N–H and O–H groups in total. The summed E-state index contributed by atoms with van der Waals surface area (Å²) in [6.07, 6.45) is 4.93. The van der Waals surface area contributed by atoms with E-state index in [-0.39, 0.29) is 0 Å². The highest BCUT2D eigenvalue weighted by Gasteiger charge is 1.87. The molecule has 2 nitrogen and oxygen atoms in total. The zero-order valence-electron chi connectivity index (χ0n) is 8.44. The van der Waals surface area contributed by atoms with Crippen LogP contribution in [0.3, 0.4) is 0 Å². The number of aryl methyl sites for hydroxylation is 1. The van der Waals surface area contributed by atoms with E-state index in [1.165, 1.54) is 5.56 Å². The molecule has 0 bridgehead atoms. The minimum absolute atomic E-state index is 0.693. The highest BCUT2D eigenvalue weighted by Crippen LogP contribution is 2.01. The fourth-order valence-electron chi connectivity index (χ4n) is 1.14. The SMILES string of the molecule is Cc1ccc(C#Cc2cnccn2)cc1. The molecule has 0 amide bonds. The Bertz CT molecular complexity index is 490. The molecule has 0 atom stereocenters. The Morgan fingerprint density at radius 1 is 1.00 bits per heavy atom. The smallest absolute Gasteiger partial charge is 0.131 e. The Balaban J connectivity index is 2.22. The first kappa shape index (κ1) is 9.42. The van der Waals surface area contributed by atoms with E-state index in [9.17, 15) is 0 Å². The van der Waals surface area contributed by atoms with Gasteiger partial charge in [-0.05, 0) is 25.0 Å². The van der Waals surface area contributed by atoms with Crippen molar-refractivity contribution in [2.24, 2.45) is 0 Å². The number of hydrogen-bond acceptors (Lipinski definition) is 2. The van der Waals surface area contributed by atoms with Gasteiger partial charge >= 0.3 is 0 Å². The second kappa shape index (κ2) is 4.39. The maximum absolute atomic E-state index is 4.08. The van der Waals surface area contributed by atoms with Gasteiger partial charge in [-0.15, -0.1) is 0 Å². The van der Waals surface area contributed by atoms with Crippen LogP contribution in [-0.4, -0.2) is 9.97 Å². The van der Waals surface area contributed by atoms with Crippen molar-refractivity contribution in [2.75, 3.05) is 0 Å². The fourth-order valence-corrected chi connectivity index (χ4v) is 1.14. The minimum Gasteiger partial charge on any atom is -0.260 e. The molecule has 0 fully saturated rings. The molecule has 2 rings (SSSR count). The molecule has 1 heterocycles. The Labute approximate surface area is 89.0 Å². The first-order valence-corrected chi connectivity index (χ1v) is 4.69. The van der Waals surface area contributed by atoms with Gasteiger partial charge in [0, 0.05) is 18.0 Å². The van der Waals surface area contributed by atoms with E-state index in [1.54, 1.807) is 18.6 Å². The van der Waals surface area contributed by atoms with Crippen LogP contribution in [0.2, 0.25) is 0 Å². The molecule has 0 aliphatic heterocycles. The summed E-state index contributed by atoms with van der Waals surface area (Å²) in [5, 5.41) is 0. The summed E-state index contributed by atoms with van der Waals surface area (Å²) in [6.45, 7) is 2.06. The first-order valence-electron chi connectivity index (χ1n) is 4.69. The molecule has 0 spiro atoms. The van der Waals surface area contributed by atoms with Gasteiger partial charge in [0.25, 0.3) is 0 Å².